The fourth-order valence-corrected chi connectivity index (χ4v) is 1.46. The molecule has 0 saturated carbocycles. The first kappa shape index (κ1) is 10.6. The molecule has 0 saturated heterocycles. The van der Waals surface area contributed by atoms with Gasteiger partial charge in [0.25, 0.3) is 5.92 Å². The summed E-state index contributed by atoms with van der Waals surface area (Å²) in [4.78, 5) is 3.76. The smallest absolute Gasteiger partial charge is 0.249 e. The highest BCUT2D eigenvalue weighted by Gasteiger charge is 2.37. The first-order valence-corrected chi connectivity index (χ1v) is 4.74. The highest BCUT2D eigenvalue weighted by molar-refractivity contribution is 9.10. The van der Waals surface area contributed by atoms with Gasteiger partial charge in [-0.3, -0.25) is 0 Å². The van der Waals surface area contributed by atoms with E-state index in [4.69, 9.17) is 0 Å². The molecule has 0 amide bonds. The number of pyridine rings is 1. The van der Waals surface area contributed by atoms with Crippen molar-refractivity contribution in [3.63, 3.8) is 0 Å². The Hall–Kier alpha value is -0.510. The van der Waals surface area contributed by atoms with Crippen molar-refractivity contribution < 1.29 is 8.78 Å². The van der Waals surface area contributed by atoms with E-state index in [-0.39, 0.29) is 10.2 Å². The normalized spacial score (nSPS) is 12.2. The van der Waals surface area contributed by atoms with Crippen LogP contribution in [0.1, 0.15) is 19.4 Å². The molecule has 0 aliphatic rings. The van der Waals surface area contributed by atoms with Crippen molar-refractivity contribution in [2.24, 2.45) is 5.92 Å². The van der Waals surface area contributed by atoms with Crippen LogP contribution in [0.4, 0.5) is 8.78 Å². The summed E-state index contributed by atoms with van der Waals surface area (Å²) < 4.78 is 27.2. The van der Waals surface area contributed by atoms with Gasteiger partial charge in [-0.05, 0) is 28.1 Å². The van der Waals surface area contributed by atoms with Crippen molar-refractivity contribution in [1.29, 1.82) is 0 Å². The van der Waals surface area contributed by atoms with Crippen LogP contribution in [-0.2, 0) is 5.92 Å². The zero-order valence-corrected chi connectivity index (χ0v) is 8.98. The maximum atomic E-state index is 13.5. The summed E-state index contributed by atoms with van der Waals surface area (Å²) in [6, 6.07) is 2.90. The van der Waals surface area contributed by atoms with E-state index in [9.17, 15) is 8.78 Å². The first-order chi connectivity index (χ1) is 5.96. The fraction of sp³-hybridized carbons (Fsp3) is 0.444. The van der Waals surface area contributed by atoms with Gasteiger partial charge in [0.2, 0.25) is 0 Å². The Morgan fingerprint density at radius 2 is 2.08 bits per heavy atom. The van der Waals surface area contributed by atoms with Crippen molar-refractivity contribution in [3.05, 3.63) is 28.5 Å². The lowest BCUT2D eigenvalue weighted by Gasteiger charge is -2.21. The van der Waals surface area contributed by atoms with E-state index in [0.717, 1.165) is 0 Å². The van der Waals surface area contributed by atoms with Crippen molar-refractivity contribution in [2.45, 2.75) is 19.8 Å². The number of aromatic nitrogens is 1. The Bertz CT molecular complexity index is 299. The van der Waals surface area contributed by atoms with Gasteiger partial charge in [-0.25, -0.2) is 13.8 Å². The van der Waals surface area contributed by atoms with Gasteiger partial charge in [-0.1, -0.05) is 13.8 Å². The van der Waals surface area contributed by atoms with Gasteiger partial charge in [0, 0.05) is 12.1 Å². The van der Waals surface area contributed by atoms with Crippen molar-refractivity contribution in [3.8, 4) is 0 Å². The minimum atomic E-state index is -2.83. The Labute approximate surface area is 84.3 Å². The minimum Gasteiger partial charge on any atom is -0.249 e. The highest BCUT2D eigenvalue weighted by atomic mass is 79.9. The Balaban J connectivity index is 3.14. The lowest BCUT2D eigenvalue weighted by molar-refractivity contribution is -0.0524. The average molecular weight is 250 g/mol. The first-order valence-electron chi connectivity index (χ1n) is 3.95. The Morgan fingerprint density at radius 1 is 1.46 bits per heavy atom. The largest absolute Gasteiger partial charge is 0.278 e. The molecule has 0 radical (unpaired) electrons. The van der Waals surface area contributed by atoms with E-state index >= 15 is 0 Å². The van der Waals surface area contributed by atoms with Gasteiger partial charge in [0.1, 0.15) is 4.60 Å². The number of hydrogen-bond acceptors (Lipinski definition) is 1. The zero-order valence-electron chi connectivity index (χ0n) is 7.39. The lowest BCUT2D eigenvalue weighted by atomic mass is 10.00. The molecular formula is C9H10BrF2N. The third kappa shape index (κ3) is 2.05. The van der Waals surface area contributed by atoms with Gasteiger partial charge in [0.05, 0.1) is 5.56 Å². The van der Waals surface area contributed by atoms with E-state index in [1.54, 1.807) is 0 Å². The summed E-state index contributed by atoms with van der Waals surface area (Å²) in [7, 11) is 0. The summed E-state index contributed by atoms with van der Waals surface area (Å²) in [5, 5.41) is 0. The molecule has 0 spiro atoms. The second-order valence-electron chi connectivity index (χ2n) is 3.12. The van der Waals surface area contributed by atoms with Gasteiger partial charge in [-0.15, -0.1) is 0 Å². The summed E-state index contributed by atoms with van der Waals surface area (Å²) in [5.74, 6) is -3.56. The van der Waals surface area contributed by atoms with Gasteiger partial charge in [0.15, 0.2) is 0 Å². The maximum absolute atomic E-state index is 13.5. The van der Waals surface area contributed by atoms with Crippen molar-refractivity contribution in [1.82, 2.24) is 4.98 Å². The molecule has 0 fully saturated rings. The molecule has 1 aromatic rings. The predicted molar refractivity (Wildman–Crippen MR) is 50.7 cm³/mol. The molecule has 4 heteroatoms. The van der Waals surface area contributed by atoms with E-state index in [2.05, 4.69) is 20.9 Å². The number of alkyl halides is 2. The van der Waals surface area contributed by atoms with Crippen LogP contribution >= 0.6 is 15.9 Å². The van der Waals surface area contributed by atoms with Crippen LogP contribution in [0.5, 0.6) is 0 Å². The molecule has 0 aliphatic carbocycles. The van der Waals surface area contributed by atoms with Gasteiger partial charge < -0.3 is 0 Å². The SMILES string of the molecule is CC(C)C(F)(F)c1cccnc1Br. The van der Waals surface area contributed by atoms with Crippen LogP contribution in [0.3, 0.4) is 0 Å². The highest BCUT2D eigenvalue weighted by Crippen LogP contribution is 2.38. The van der Waals surface area contributed by atoms with E-state index in [1.807, 2.05) is 0 Å². The average Bonchev–Trinajstić information content (AvgIpc) is 2.04. The molecule has 0 unspecified atom stereocenters. The summed E-state index contributed by atoms with van der Waals surface area (Å²) in [6.07, 6.45) is 1.48. The Kier molecular flexibility index (Phi) is 3.01. The van der Waals surface area contributed by atoms with E-state index in [1.165, 1.54) is 32.2 Å². The molecule has 0 atom stereocenters. The molecule has 1 nitrogen and oxygen atoms in total. The topological polar surface area (TPSA) is 12.9 Å². The molecule has 13 heavy (non-hydrogen) atoms. The molecule has 0 aromatic carbocycles. The molecule has 1 rings (SSSR count). The minimum absolute atomic E-state index is 0.0509. The Morgan fingerprint density at radius 3 is 2.54 bits per heavy atom. The standard InChI is InChI=1S/C9H10BrF2N/c1-6(2)9(11,12)7-4-3-5-13-8(7)10/h3-6H,1-2H3. The van der Waals surface area contributed by atoms with Crippen LogP contribution in [0.15, 0.2) is 22.9 Å². The molecule has 1 aromatic heterocycles. The fourth-order valence-electron chi connectivity index (χ4n) is 0.946. The third-order valence-electron chi connectivity index (χ3n) is 1.84. The van der Waals surface area contributed by atoms with E-state index in [0.29, 0.717) is 0 Å². The molecule has 1 heterocycles. The number of nitrogens with zero attached hydrogens (tertiary/aromatic N) is 1. The molecule has 0 N–H and O–H groups in total. The summed E-state index contributed by atoms with van der Waals surface area (Å²) in [6.45, 7) is 2.97. The predicted octanol–water partition coefficient (Wildman–Crippen LogP) is 3.59. The molecular weight excluding hydrogens is 240 g/mol. The van der Waals surface area contributed by atoms with Crippen LogP contribution in [0.25, 0.3) is 0 Å². The second-order valence-corrected chi connectivity index (χ2v) is 3.87. The van der Waals surface area contributed by atoms with Crippen molar-refractivity contribution >= 4 is 15.9 Å². The third-order valence-corrected chi connectivity index (χ3v) is 2.48. The number of rotatable bonds is 2. The van der Waals surface area contributed by atoms with Crippen molar-refractivity contribution in [2.75, 3.05) is 0 Å². The van der Waals surface area contributed by atoms with Gasteiger partial charge in [-0.2, -0.15) is 0 Å². The quantitative estimate of drug-likeness (QED) is 0.731. The van der Waals surface area contributed by atoms with Crippen LogP contribution in [0, 0.1) is 5.92 Å². The van der Waals surface area contributed by atoms with Crippen LogP contribution in [0.2, 0.25) is 0 Å². The lowest BCUT2D eigenvalue weighted by Crippen LogP contribution is -2.21. The van der Waals surface area contributed by atoms with Crippen LogP contribution in [-0.4, -0.2) is 4.98 Å². The maximum Gasteiger partial charge on any atom is 0.278 e. The summed E-state index contributed by atoms with van der Waals surface area (Å²) >= 11 is 3.01. The molecule has 0 aliphatic heterocycles. The zero-order chi connectivity index (χ0) is 10.1. The monoisotopic (exact) mass is 249 g/mol. The van der Waals surface area contributed by atoms with Gasteiger partial charge >= 0.3 is 0 Å². The van der Waals surface area contributed by atoms with Crippen LogP contribution < -0.4 is 0 Å². The van der Waals surface area contributed by atoms with E-state index < -0.39 is 11.8 Å². The number of halogens is 3. The second kappa shape index (κ2) is 3.70. The number of hydrogen-bond donors (Lipinski definition) is 0. The summed E-state index contributed by atoms with van der Waals surface area (Å²) in [5.41, 5.74) is -0.0509. The molecule has 72 valence electrons. The molecule has 0 bridgehead atoms.